The molecule has 100 valence electrons. The predicted octanol–water partition coefficient (Wildman–Crippen LogP) is 1.83. The van der Waals surface area contributed by atoms with Crippen molar-refractivity contribution >= 4 is 5.91 Å². The summed E-state index contributed by atoms with van der Waals surface area (Å²) >= 11 is 0. The maximum atomic E-state index is 12.0. The second kappa shape index (κ2) is 5.36. The summed E-state index contributed by atoms with van der Waals surface area (Å²) in [6.45, 7) is 9.54. The molecule has 0 aliphatic carbocycles. The van der Waals surface area contributed by atoms with Gasteiger partial charge in [0.2, 0.25) is 5.91 Å². The van der Waals surface area contributed by atoms with Crippen LogP contribution >= 0.6 is 0 Å². The minimum atomic E-state index is -0.268. The molecule has 0 aromatic rings. The average Bonchev–Trinajstić information content (AvgIpc) is 2.25. The number of carbonyl (C=O) groups excluding carboxylic acids is 1. The highest BCUT2D eigenvalue weighted by molar-refractivity contribution is 5.77. The van der Waals surface area contributed by atoms with Gasteiger partial charge in [0, 0.05) is 20.2 Å². The molecule has 1 fully saturated rings. The molecule has 1 unspecified atom stereocenters. The Morgan fingerprint density at radius 2 is 2.06 bits per heavy atom. The normalized spacial score (nSPS) is 26.1. The lowest BCUT2D eigenvalue weighted by Crippen LogP contribution is -2.50. The van der Waals surface area contributed by atoms with E-state index in [4.69, 9.17) is 9.47 Å². The van der Waals surface area contributed by atoms with Crippen LogP contribution in [-0.4, -0.2) is 48.8 Å². The number of carbonyl (C=O) groups is 1. The van der Waals surface area contributed by atoms with Gasteiger partial charge < -0.3 is 14.4 Å². The van der Waals surface area contributed by atoms with E-state index in [2.05, 4.69) is 6.92 Å². The van der Waals surface area contributed by atoms with E-state index in [0.717, 1.165) is 19.4 Å². The van der Waals surface area contributed by atoms with Crippen LogP contribution in [0.5, 0.6) is 0 Å². The lowest BCUT2D eigenvalue weighted by Gasteiger charge is -2.39. The number of nitrogens with zero attached hydrogens (tertiary/aromatic N) is 1. The molecule has 0 aromatic carbocycles. The first-order valence-electron chi connectivity index (χ1n) is 6.23. The van der Waals surface area contributed by atoms with Gasteiger partial charge in [-0.05, 0) is 40.5 Å². The maximum Gasteiger partial charge on any atom is 0.248 e. The molecule has 4 nitrogen and oxygen atoms in total. The summed E-state index contributed by atoms with van der Waals surface area (Å²) in [5.74, 6) is 0.0582. The fraction of sp³-hybridized carbons (Fsp3) is 0.923. The van der Waals surface area contributed by atoms with E-state index in [-0.39, 0.29) is 23.7 Å². The van der Waals surface area contributed by atoms with Crippen LogP contribution in [0.25, 0.3) is 0 Å². The zero-order chi connectivity index (χ0) is 13.1. The summed E-state index contributed by atoms with van der Waals surface area (Å²) in [5.41, 5.74) is -0.467. The van der Waals surface area contributed by atoms with E-state index in [9.17, 15) is 4.79 Å². The maximum absolute atomic E-state index is 12.0. The Bertz CT molecular complexity index is 272. The van der Waals surface area contributed by atoms with Gasteiger partial charge in [0.25, 0.3) is 0 Å². The predicted molar refractivity (Wildman–Crippen MR) is 66.9 cm³/mol. The largest absolute Gasteiger partial charge is 0.377 e. The summed E-state index contributed by atoms with van der Waals surface area (Å²) in [6, 6.07) is 0. The van der Waals surface area contributed by atoms with Crippen molar-refractivity contribution < 1.29 is 14.3 Å². The summed E-state index contributed by atoms with van der Waals surface area (Å²) in [5, 5.41) is 0. The Hall–Kier alpha value is -0.610. The quantitative estimate of drug-likeness (QED) is 0.759. The molecule has 1 atom stereocenters. The summed E-state index contributed by atoms with van der Waals surface area (Å²) in [6.07, 6.45) is 2.00. The molecule has 1 rings (SSSR count). The van der Waals surface area contributed by atoms with Crippen LogP contribution in [0.15, 0.2) is 0 Å². The van der Waals surface area contributed by atoms with E-state index in [1.807, 2.05) is 25.7 Å². The molecule has 0 saturated carbocycles. The van der Waals surface area contributed by atoms with Crippen molar-refractivity contribution in [2.45, 2.75) is 51.7 Å². The fourth-order valence-electron chi connectivity index (χ4n) is 1.95. The second-order valence-electron chi connectivity index (χ2n) is 5.97. The van der Waals surface area contributed by atoms with Crippen LogP contribution in [0.4, 0.5) is 0 Å². The molecule has 4 heteroatoms. The number of hydrogen-bond acceptors (Lipinski definition) is 3. The highest BCUT2D eigenvalue weighted by atomic mass is 16.5. The van der Waals surface area contributed by atoms with Crippen LogP contribution in [0.3, 0.4) is 0 Å². The molecule has 0 radical (unpaired) electrons. The first kappa shape index (κ1) is 14.5. The molecule has 0 bridgehead atoms. The Balaban J connectivity index is 2.47. The lowest BCUT2D eigenvalue weighted by molar-refractivity contribution is -0.148. The molecule has 1 aliphatic heterocycles. The van der Waals surface area contributed by atoms with Gasteiger partial charge in [-0.3, -0.25) is 4.79 Å². The molecular formula is C13H25NO3. The lowest BCUT2D eigenvalue weighted by atomic mass is 9.95. The number of rotatable bonds is 3. The van der Waals surface area contributed by atoms with Crippen molar-refractivity contribution in [2.24, 2.45) is 0 Å². The SMILES string of the molecule is COC1(C)CCCN(C(=O)COC(C)(C)C)C1. The van der Waals surface area contributed by atoms with E-state index >= 15 is 0 Å². The minimum absolute atomic E-state index is 0.0582. The Kier molecular flexibility index (Phi) is 4.55. The number of ether oxygens (including phenoxy) is 2. The highest BCUT2D eigenvalue weighted by Gasteiger charge is 2.33. The van der Waals surface area contributed by atoms with Gasteiger partial charge in [-0.25, -0.2) is 0 Å². The standard InChI is InChI=1S/C13H25NO3/c1-12(2,3)17-9-11(15)14-8-6-7-13(4,10-14)16-5/h6-10H2,1-5H3. The molecule has 17 heavy (non-hydrogen) atoms. The van der Waals surface area contributed by atoms with Crippen molar-refractivity contribution in [3.63, 3.8) is 0 Å². The molecule has 1 amide bonds. The molecule has 0 N–H and O–H groups in total. The van der Waals surface area contributed by atoms with Crippen LogP contribution in [0.1, 0.15) is 40.5 Å². The van der Waals surface area contributed by atoms with Crippen LogP contribution < -0.4 is 0 Å². The van der Waals surface area contributed by atoms with E-state index in [1.54, 1.807) is 7.11 Å². The first-order chi connectivity index (χ1) is 7.76. The van der Waals surface area contributed by atoms with Gasteiger partial charge in [-0.1, -0.05) is 0 Å². The van der Waals surface area contributed by atoms with E-state index in [0.29, 0.717) is 6.54 Å². The summed E-state index contributed by atoms with van der Waals surface area (Å²) in [4.78, 5) is 13.8. The van der Waals surface area contributed by atoms with Gasteiger partial charge in [0.1, 0.15) is 6.61 Å². The van der Waals surface area contributed by atoms with Crippen LogP contribution in [0, 0.1) is 0 Å². The number of amides is 1. The molecule has 1 saturated heterocycles. The molecule has 0 spiro atoms. The fourth-order valence-corrected chi connectivity index (χ4v) is 1.95. The zero-order valence-electron chi connectivity index (χ0n) is 11.7. The number of piperidine rings is 1. The van der Waals surface area contributed by atoms with Crippen molar-refractivity contribution in [3.05, 3.63) is 0 Å². The van der Waals surface area contributed by atoms with Gasteiger partial charge in [0.05, 0.1) is 11.2 Å². The van der Waals surface area contributed by atoms with Gasteiger partial charge in [-0.2, -0.15) is 0 Å². The van der Waals surface area contributed by atoms with Crippen molar-refractivity contribution in [3.8, 4) is 0 Å². The number of hydrogen-bond donors (Lipinski definition) is 0. The Morgan fingerprint density at radius 1 is 1.41 bits per heavy atom. The molecule has 1 aliphatic rings. The third-order valence-electron chi connectivity index (χ3n) is 3.13. The van der Waals surface area contributed by atoms with E-state index < -0.39 is 0 Å². The monoisotopic (exact) mass is 243 g/mol. The molecule has 1 heterocycles. The smallest absolute Gasteiger partial charge is 0.248 e. The third-order valence-corrected chi connectivity index (χ3v) is 3.13. The highest BCUT2D eigenvalue weighted by Crippen LogP contribution is 2.24. The van der Waals surface area contributed by atoms with Gasteiger partial charge in [0.15, 0.2) is 0 Å². The van der Waals surface area contributed by atoms with Gasteiger partial charge in [-0.15, -0.1) is 0 Å². The second-order valence-corrected chi connectivity index (χ2v) is 5.97. The molecular weight excluding hydrogens is 218 g/mol. The third kappa shape index (κ3) is 4.64. The number of likely N-dealkylation sites (tertiary alicyclic amines) is 1. The number of methoxy groups -OCH3 is 1. The molecule has 0 aromatic heterocycles. The van der Waals surface area contributed by atoms with Crippen molar-refractivity contribution in [1.82, 2.24) is 4.90 Å². The van der Waals surface area contributed by atoms with Crippen molar-refractivity contribution in [2.75, 3.05) is 26.8 Å². The first-order valence-corrected chi connectivity index (χ1v) is 6.23. The summed E-state index contributed by atoms with van der Waals surface area (Å²) in [7, 11) is 1.71. The zero-order valence-corrected chi connectivity index (χ0v) is 11.7. The van der Waals surface area contributed by atoms with Crippen LogP contribution in [0.2, 0.25) is 0 Å². The summed E-state index contributed by atoms with van der Waals surface area (Å²) < 4.78 is 11.0. The minimum Gasteiger partial charge on any atom is -0.377 e. The Labute approximate surface area is 104 Å². The topological polar surface area (TPSA) is 38.8 Å². The van der Waals surface area contributed by atoms with E-state index in [1.165, 1.54) is 0 Å². The van der Waals surface area contributed by atoms with Crippen molar-refractivity contribution in [1.29, 1.82) is 0 Å². The average molecular weight is 243 g/mol. The Morgan fingerprint density at radius 3 is 2.59 bits per heavy atom. The van der Waals surface area contributed by atoms with Crippen LogP contribution in [-0.2, 0) is 14.3 Å². The van der Waals surface area contributed by atoms with Gasteiger partial charge >= 0.3 is 0 Å².